The summed E-state index contributed by atoms with van der Waals surface area (Å²) in [7, 11) is 0. The van der Waals surface area contributed by atoms with Crippen LogP contribution in [-0.4, -0.2) is 32.9 Å². The first kappa shape index (κ1) is 24.1. The molecule has 0 aliphatic carbocycles. The molecule has 0 saturated heterocycles. The van der Waals surface area contributed by atoms with E-state index in [1.165, 1.54) is 19.3 Å². The van der Waals surface area contributed by atoms with Crippen molar-refractivity contribution in [2.24, 2.45) is 5.92 Å². The van der Waals surface area contributed by atoms with E-state index in [4.69, 9.17) is 0 Å². The number of rotatable bonds is 17. The number of unbranched alkanes of at least 4 members (excludes halogenated alkanes) is 10. The quantitative estimate of drug-likeness (QED) is 0.203. The predicted octanol–water partition coefficient (Wildman–Crippen LogP) is 4.44. The van der Waals surface area contributed by atoms with Gasteiger partial charge in [0.2, 0.25) is 0 Å². The van der Waals surface area contributed by atoms with E-state index >= 15 is 0 Å². The Morgan fingerprint density at radius 1 is 0.760 bits per heavy atom. The third-order valence-electron chi connectivity index (χ3n) is 4.71. The first-order chi connectivity index (χ1) is 11.9. The van der Waals surface area contributed by atoms with Gasteiger partial charge in [-0.15, -0.1) is 0 Å². The molecular formula is C20H38O5. The number of hydrogen-bond donors (Lipinski definition) is 3. The topological polar surface area (TPSA) is 94.8 Å². The fourth-order valence-electron chi connectivity index (χ4n) is 3.13. The highest BCUT2D eigenvalue weighted by Gasteiger charge is 2.44. The smallest absolute Gasteiger partial charge is 0.319 e. The standard InChI is InChI=1S/C20H38O5/c1-3-5-7-9-10-11-13-15-17(21)18(19(22)23)20(24,25)16-14-12-8-6-4-2/h18,24-25H,3-16H2,1-2H3,(H,22,23). The van der Waals surface area contributed by atoms with Crippen molar-refractivity contribution < 1.29 is 24.9 Å². The van der Waals surface area contributed by atoms with Crippen LogP contribution < -0.4 is 0 Å². The monoisotopic (exact) mass is 358 g/mol. The zero-order valence-electron chi connectivity index (χ0n) is 16.1. The van der Waals surface area contributed by atoms with Crippen LogP contribution in [0.3, 0.4) is 0 Å². The molecule has 0 saturated carbocycles. The van der Waals surface area contributed by atoms with Crippen molar-refractivity contribution in [2.45, 2.75) is 110 Å². The Balaban J connectivity index is 4.26. The molecule has 0 aromatic rings. The molecule has 0 amide bonds. The number of aliphatic hydroxyl groups is 2. The van der Waals surface area contributed by atoms with Crippen molar-refractivity contribution in [2.75, 3.05) is 0 Å². The second kappa shape index (κ2) is 14.3. The van der Waals surface area contributed by atoms with E-state index in [-0.39, 0.29) is 12.8 Å². The van der Waals surface area contributed by atoms with Gasteiger partial charge in [0.15, 0.2) is 17.5 Å². The van der Waals surface area contributed by atoms with Crippen LogP contribution in [0.5, 0.6) is 0 Å². The van der Waals surface area contributed by atoms with E-state index < -0.39 is 23.5 Å². The van der Waals surface area contributed by atoms with Gasteiger partial charge < -0.3 is 15.3 Å². The fraction of sp³-hybridized carbons (Fsp3) is 0.900. The number of carboxylic acid groups (broad SMARTS) is 1. The van der Waals surface area contributed by atoms with Crippen LogP contribution in [0.1, 0.15) is 104 Å². The Hall–Kier alpha value is -0.940. The van der Waals surface area contributed by atoms with Gasteiger partial charge in [0.25, 0.3) is 0 Å². The zero-order chi connectivity index (χ0) is 19.1. The SMILES string of the molecule is CCCCCCCCCC(=O)C(C(=O)O)C(O)(O)CCCCCCC. The van der Waals surface area contributed by atoms with Gasteiger partial charge in [-0.25, -0.2) is 0 Å². The van der Waals surface area contributed by atoms with Crippen LogP contribution in [0.15, 0.2) is 0 Å². The molecule has 1 unspecified atom stereocenters. The van der Waals surface area contributed by atoms with E-state index in [0.29, 0.717) is 12.8 Å². The summed E-state index contributed by atoms with van der Waals surface area (Å²) < 4.78 is 0. The molecule has 0 fully saturated rings. The molecule has 5 nitrogen and oxygen atoms in total. The average molecular weight is 359 g/mol. The second-order valence-corrected chi connectivity index (χ2v) is 7.15. The maximum absolute atomic E-state index is 12.2. The maximum atomic E-state index is 12.2. The highest BCUT2D eigenvalue weighted by Crippen LogP contribution is 2.25. The Morgan fingerprint density at radius 2 is 1.20 bits per heavy atom. The summed E-state index contributed by atoms with van der Waals surface area (Å²) in [6, 6.07) is 0. The number of carbonyl (C=O) groups excluding carboxylic acids is 1. The molecule has 0 aromatic heterocycles. The van der Waals surface area contributed by atoms with E-state index in [1.807, 2.05) is 0 Å². The largest absolute Gasteiger partial charge is 0.481 e. The molecule has 0 bridgehead atoms. The number of hydrogen-bond acceptors (Lipinski definition) is 4. The molecule has 0 heterocycles. The summed E-state index contributed by atoms with van der Waals surface area (Å²) in [6.07, 6.45) is 11.7. The Bertz CT molecular complexity index is 365. The van der Waals surface area contributed by atoms with Crippen LogP contribution in [0, 0.1) is 5.92 Å². The van der Waals surface area contributed by atoms with Crippen LogP contribution in [-0.2, 0) is 9.59 Å². The molecule has 0 aliphatic rings. The lowest BCUT2D eigenvalue weighted by Gasteiger charge is -2.27. The first-order valence-electron chi connectivity index (χ1n) is 10.1. The lowest BCUT2D eigenvalue weighted by Crippen LogP contribution is -2.46. The van der Waals surface area contributed by atoms with Crippen molar-refractivity contribution in [1.29, 1.82) is 0 Å². The van der Waals surface area contributed by atoms with E-state index in [1.54, 1.807) is 0 Å². The minimum Gasteiger partial charge on any atom is -0.481 e. The molecule has 0 spiro atoms. The molecule has 3 N–H and O–H groups in total. The van der Waals surface area contributed by atoms with Gasteiger partial charge in [0.05, 0.1) is 0 Å². The first-order valence-corrected chi connectivity index (χ1v) is 10.1. The van der Waals surface area contributed by atoms with Crippen LogP contribution in [0.2, 0.25) is 0 Å². The summed E-state index contributed by atoms with van der Waals surface area (Å²) in [4.78, 5) is 23.6. The summed E-state index contributed by atoms with van der Waals surface area (Å²) in [5.41, 5.74) is 0. The summed E-state index contributed by atoms with van der Waals surface area (Å²) in [5, 5.41) is 29.5. The number of ketones is 1. The normalized spacial score (nSPS) is 13.0. The molecule has 0 radical (unpaired) electrons. The molecule has 1 atom stereocenters. The minimum absolute atomic E-state index is 0.0730. The molecule has 25 heavy (non-hydrogen) atoms. The lowest BCUT2D eigenvalue weighted by atomic mass is 9.87. The van der Waals surface area contributed by atoms with Crippen molar-refractivity contribution in [3.05, 3.63) is 0 Å². The molecule has 0 aliphatic heterocycles. The van der Waals surface area contributed by atoms with Gasteiger partial charge in [-0.1, -0.05) is 78.1 Å². The van der Waals surface area contributed by atoms with Crippen LogP contribution in [0.4, 0.5) is 0 Å². The van der Waals surface area contributed by atoms with Crippen molar-refractivity contribution in [1.82, 2.24) is 0 Å². The molecule has 0 rings (SSSR count). The summed E-state index contributed by atoms with van der Waals surface area (Å²) in [5.74, 6) is -6.19. The zero-order valence-corrected chi connectivity index (χ0v) is 16.1. The summed E-state index contributed by atoms with van der Waals surface area (Å²) >= 11 is 0. The van der Waals surface area contributed by atoms with Gasteiger partial charge >= 0.3 is 5.97 Å². The van der Waals surface area contributed by atoms with Gasteiger partial charge in [-0.3, -0.25) is 9.59 Å². The third kappa shape index (κ3) is 11.3. The third-order valence-corrected chi connectivity index (χ3v) is 4.71. The fourth-order valence-corrected chi connectivity index (χ4v) is 3.13. The number of carbonyl (C=O) groups is 2. The van der Waals surface area contributed by atoms with Gasteiger partial charge in [-0.05, 0) is 12.8 Å². The molecule has 0 aromatic carbocycles. The minimum atomic E-state index is -2.45. The Labute approximate surface area is 152 Å². The number of carboxylic acids is 1. The average Bonchev–Trinajstić information content (AvgIpc) is 2.53. The maximum Gasteiger partial charge on any atom is 0.319 e. The second-order valence-electron chi connectivity index (χ2n) is 7.15. The number of aliphatic carboxylic acids is 1. The van der Waals surface area contributed by atoms with Crippen molar-refractivity contribution >= 4 is 11.8 Å². The van der Waals surface area contributed by atoms with Crippen molar-refractivity contribution in [3.8, 4) is 0 Å². The van der Waals surface area contributed by atoms with Gasteiger partial charge in [0.1, 0.15) is 0 Å². The van der Waals surface area contributed by atoms with Crippen LogP contribution in [0.25, 0.3) is 0 Å². The van der Waals surface area contributed by atoms with E-state index in [9.17, 15) is 24.9 Å². The van der Waals surface area contributed by atoms with E-state index in [0.717, 1.165) is 44.9 Å². The summed E-state index contributed by atoms with van der Waals surface area (Å²) in [6.45, 7) is 4.25. The molecule has 148 valence electrons. The number of Topliss-reactive ketones (excluding diaryl/α,β-unsaturated/α-hetero) is 1. The Kier molecular flexibility index (Phi) is 13.7. The van der Waals surface area contributed by atoms with Crippen molar-refractivity contribution in [3.63, 3.8) is 0 Å². The Morgan fingerprint density at radius 3 is 1.68 bits per heavy atom. The predicted molar refractivity (Wildman–Crippen MR) is 99.3 cm³/mol. The highest BCUT2D eigenvalue weighted by molar-refractivity contribution is 5.99. The lowest BCUT2D eigenvalue weighted by molar-refractivity contribution is -0.212. The highest BCUT2D eigenvalue weighted by atomic mass is 16.5. The van der Waals surface area contributed by atoms with Gasteiger partial charge in [0, 0.05) is 12.8 Å². The van der Waals surface area contributed by atoms with Crippen LogP contribution >= 0.6 is 0 Å². The van der Waals surface area contributed by atoms with E-state index in [2.05, 4.69) is 13.8 Å². The molecular weight excluding hydrogens is 320 g/mol. The molecule has 5 heteroatoms. The van der Waals surface area contributed by atoms with Gasteiger partial charge in [-0.2, -0.15) is 0 Å².